The number of halogens is 3. The summed E-state index contributed by atoms with van der Waals surface area (Å²) in [5.41, 5.74) is -0.705. The van der Waals surface area contributed by atoms with E-state index in [1.54, 1.807) is 6.92 Å². The molecule has 16 heavy (non-hydrogen) atoms. The number of thioether (sulfide) groups is 1. The summed E-state index contributed by atoms with van der Waals surface area (Å²) in [7, 11) is 0. The number of nitrogens with zero attached hydrogens (tertiary/aromatic N) is 1. The number of nitro groups is 1. The molecule has 0 fully saturated rings. The van der Waals surface area contributed by atoms with Gasteiger partial charge in [0.15, 0.2) is 0 Å². The van der Waals surface area contributed by atoms with Gasteiger partial charge in [-0.05, 0) is 6.07 Å². The van der Waals surface area contributed by atoms with Crippen LogP contribution in [-0.4, -0.2) is 16.1 Å². The molecule has 1 aromatic rings. The number of benzene rings is 1. The lowest BCUT2D eigenvalue weighted by Gasteiger charge is -2.08. The predicted octanol–water partition coefficient (Wildman–Crippen LogP) is 3.59. The lowest BCUT2D eigenvalue weighted by Crippen LogP contribution is -2.01. The highest BCUT2D eigenvalue weighted by atomic mass is 35.5. The van der Waals surface area contributed by atoms with Gasteiger partial charge < -0.3 is 0 Å². The van der Waals surface area contributed by atoms with Gasteiger partial charge in [0.1, 0.15) is 5.82 Å². The zero-order chi connectivity index (χ0) is 12.3. The smallest absolute Gasteiger partial charge is 0.258 e. The molecule has 1 unspecified atom stereocenters. The van der Waals surface area contributed by atoms with Crippen LogP contribution in [0.5, 0.6) is 0 Å². The Morgan fingerprint density at radius 2 is 2.19 bits per heavy atom. The molecule has 1 aromatic carbocycles. The molecule has 1 rings (SSSR count). The van der Waals surface area contributed by atoms with Crippen molar-refractivity contribution < 1.29 is 13.7 Å². The zero-order valence-corrected chi connectivity index (χ0v) is 9.82. The van der Waals surface area contributed by atoms with E-state index in [0.717, 1.165) is 17.8 Å². The van der Waals surface area contributed by atoms with Crippen LogP contribution in [0.1, 0.15) is 6.92 Å². The Morgan fingerprint density at radius 3 is 2.69 bits per heavy atom. The fraction of sp³-hybridized carbons (Fsp3) is 0.333. The lowest BCUT2D eigenvalue weighted by molar-refractivity contribution is -0.390. The molecule has 0 heterocycles. The topological polar surface area (TPSA) is 43.1 Å². The van der Waals surface area contributed by atoms with Crippen LogP contribution >= 0.6 is 23.4 Å². The van der Waals surface area contributed by atoms with E-state index in [9.17, 15) is 18.9 Å². The van der Waals surface area contributed by atoms with Crippen LogP contribution in [-0.2, 0) is 0 Å². The van der Waals surface area contributed by atoms with E-state index < -0.39 is 22.2 Å². The molecular weight excluding hydrogens is 260 g/mol. The van der Waals surface area contributed by atoms with Gasteiger partial charge in [-0.2, -0.15) is 4.39 Å². The van der Waals surface area contributed by atoms with Crippen molar-refractivity contribution in [2.45, 2.75) is 17.1 Å². The summed E-state index contributed by atoms with van der Waals surface area (Å²) in [4.78, 5) is 9.71. The summed E-state index contributed by atoms with van der Waals surface area (Å²) < 4.78 is 26.1. The number of hydrogen-bond acceptors (Lipinski definition) is 3. The molecule has 3 nitrogen and oxygen atoms in total. The SMILES string of the molecule is CC(CCl)Sc1cc(F)cc(F)c1[N+](=O)[O-]. The van der Waals surface area contributed by atoms with E-state index >= 15 is 0 Å². The van der Waals surface area contributed by atoms with Gasteiger partial charge >= 0.3 is 5.69 Å². The lowest BCUT2D eigenvalue weighted by atomic mass is 10.3. The summed E-state index contributed by atoms with van der Waals surface area (Å²) >= 11 is 6.51. The molecule has 0 N–H and O–H groups in total. The normalized spacial score (nSPS) is 12.5. The molecule has 0 spiro atoms. The van der Waals surface area contributed by atoms with Crippen LogP contribution in [0.25, 0.3) is 0 Å². The minimum atomic E-state index is -1.17. The fourth-order valence-electron chi connectivity index (χ4n) is 1.06. The van der Waals surface area contributed by atoms with Crippen LogP contribution in [0, 0.1) is 21.7 Å². The van der Waals surface area contributed by atoms with Crippen LogP contribution < -0.4 is 0 Å². The van der Waals surface area contributed by atoms with Gasteiger partial charge in [-0.15, -0.1) is 23.4 Å². The van der Waals surface area contributed by atoms with Crippen molar-refractivity contribution in [2.75, 3.05) is 5.88 Å². The average Bonchev–Trinajstić information content (AvgIpc) is 2.15. The van der Waals surface area contributed by atoms with Gasteiger partial charge in [-0.1, -0.05) is 6.92 Å². The average molecular weight is 268 g/mol. The molecule has 0 aliphatic heterocycles. The molecule has 0 aromatic heterocycles. The highest BCUT2D eigenvalue weighted by molar-refractivity contribution is 8.00. The van der Waals surface area contributed by atoms with Crippen molar-refractivity contribution in [2.24, 2.45) is 0 Å². The summed E-state index contributed by atoms with van der Waals surface area (Å²) in [6.07, 6.45) is 0. The molecule has 0 bridgehead atoms. The van der Waals surface area contributed by atoms with Gasteiger partial charge in [-0.3, -0.25) is 10.1 Å². The molecule has 88 valence electrons. The zero-order valence-electron chi connectivity index (χ0n) is 8.25. The molecule has 1 atom stereocenters. The molecule has 0 saturated heterocycles. The van der Waals surface area contributed by atoms with E-state index in [2.05, 4.69) is 0 Å². The van der Waals surface area contributed by atoms with Gasteiger partial charge in [0.2, 0.25) is 5.82 Å². The minimum absolute atomic E-state index is 0.0457. The fourth-order valence-corrected chi connectivity index (χ4v) is 2.21. The minimum Gasteiger partial charge on any atom is -0.258 e. The summed E-state index contributed by atoms with van der Waals surface area (Å²) in [6, 6.07) is 1.43. The first-order valence-electron chi connectivity index (χ1n) is 4.31. The van der Waals surface area contributed by atoms with E-state index in [1.807, 2.05) is 0 Å². The van der Waals surface area contributed by atoms with E-state index in [1.165, 1.54) is 0 Å². The van der Waals surface area contributed by atoms with Gasteiger partial charge in [0, 0.05) is 17.2 Å². The molecule has 7 heteroatoms. The Morgan fingerprint density at radius 1 is 1.56 bits per heavy atom. The first-order valence-corrected chi connectivity index (χ1v) is 5.73. The summed E-state index contributed by atoms with van der Waals surface area (Å²) in [5, 5.41) is 10.5. The second-order valence-electron chi connectivity index (χ2n) is 3.07. The Kier molecular flexibility index (Phi) is 4.49. The summed E-state index contributed by atoms with van der Waals surface area (Å²) in [5.74, 6) is -1.78. The molecule has 0 amide bonds. The second kappa shape index (κ2) is 5.45. The second-order valence-corrected chi connectivity index (χ2v) is 4.86. The Balaban J connectivity index is 3.19. The van der Waals surface area contributed by atoms with Crippen molar-refractivity contribution in [3.63, 3.8) is 0 Å². The van der Waals surface area contributed by atoms with Gasteiger partial charge in [0.05, 0.1) is 9.82 Å². The van der Waals surface area contributed by atoms with Gasteiger partial charge in [-0.25, -0.2) is 4.39 Å². The van der Waals surface area contributed by atoms with Crippen molar-refractivity contribution in [3.8, 4) is 0 Å². The van der Waals surface area contributed by atoms with E-state index in [4.69, 9.17) is 11.6 Å². The number of rotatable bonds is 4. The quantitative estimate of drug-likeness (QED) is 0.362. The summed E-state index contributed by atoms with van der Waals surface area (Å²) in [6.45, 7) is 1.71. The number of alkyl halides is 1. The maximum absolute atomic E-state index is 13.2. The highest BCUT2D eigenvalue weighted by Crippen LogP contribution is 2.35. The predicted molar refractivity (Wildman–Crippen MR) is 59.1 cm³/mol. The number of nitro benzene ring substituents is 1. The molecule has 0 radical (unpaired) electrons. The van der Waals surface area contributed by atoms with Crippen molar-refractivity contribution >= 4 is 29.1 Å². The molecule has 0 aliphatic rings. The Labute approximate surface area is 99.9 Å². The van der Waals surface area contributed by atoms with Crippen LogP contribution in [0.4, 0.5) is 14.5 Å². The Bertz CT molecular complexity index is 417. The molecule has 0 saturated carbocycles. The third-order valence-corrected chi connectivity index (χ3v) is 3.50. The van der Waals surface area contributed by atoms with Crippen LogP contribution in [0.2, 0.25) is 0 Å². The van der Waals surface area contributed by atoms with Crippen molar-refractivity contribution in [1.29, 1.82) is 0 Å². The van der Waals surface area contributed by atoms with Gasteiger partial charge in [0.25, 0.3) is 0 Å². The largest absolute Gasteiger partial charge is 0.318 e. The highest BCUT2D eigenvalue weighted by Gasteiger charge is 2.23. The maximum atomic E-state index is 13.2. The van der Waals surface area contributed by atoms with Crippen LogP contribution in [0.3, 0.4) is 0 Å². The molecular formula is C9H8ClF2NO2S. The Hall–Kier alpha value is -0.880. The maximum Gasteiger partial charge on any atom is 0.318 e. The molecule has 0 aliphatic carbocycles. The third kappa shape index (κ3) is 3.05. The van der Waals surface area contributed by atoms with Crippen LogP contribution in [0.15, 0.2) is 17.0 Å². The first kappa shape index (κ1) is 13.2. The van der Waals surface area contributed by atoms with E-state index in [-0.39, 0.29) is 16.0 Å². The standard InChI is InChI=1S/C9H8ClF2NO2S/c1-5(4-10)16-8-3-6(11)2-7(12)9(8)13(14)15/h2-3,5H,4H2,1H3. The third-order valence-electron chi connectivity index (χ3n) is 1.72. The van der Waals surface area contributed by atoms with Crippen molar-refractivity contribution in [1.82, 2.24) is 0 Å². The number of hydrogen-bond donors (Lipinski definition) is 0. The monoisotopic (exact) mass is 267 g/mol. The van der Waals surface area contributed by atoms with E-state index in [0.29, 0.717) is 6.07 Å². The van der Waals surface area contributed by atoms with Crippen molar-refractivity contribution in [3.05, 3.63) is 33.9 Å². The first-order chi connectivity index (χ1) is 7.45.